The Hall–Kier alpha value is -1.60. The Morgan fingerprint density at radius 3 is 3.09 bits per heavy atom. The molecule has 2 aromatic rings. The summed E-state index contributed by atoms with van der Waals surface area (Å²) >= 11 is 3.13. The number of thiazole rings is 1. The Bertz CT molecular complexity index is 799. The van der Waals surface area contributed by atoms with Crippen molar-refractivity contribution < 1.29 is 9.90 Å². The topological polar surface area (TPSA) is 65.8 Å². The van der Waals surface area contributed by atoms with Crippen molar-refractivity contribution in [2.45, 2.75) is 18.9 Å². The summed E-state index contributed by atoms with van der Waals surface area (Å²) in [6, 6.07) is 3.57. The molecule has 0 unspecified atom stereocenters. The van der Waals surface area contributed by atoms with E-state index >= 15 is 0 Å². The van der Waals surface area contributed by atoms with Gasteiger partial charge in [-0.15, -0.1) is 23.1 Å². The molecule has 0 saturated heterocycles. The smallest absolute Gasteiger partial charge is 0.329 e. The highest BCUT2D eigenvalue weighted by Gasteiger charge is 2.27. The zero-order valence-corrected chi connectivity index (χ0v) is 13.7. The quantitative estimate of drug-likeness (QED) is 0.915. The van der Waals surface area contributed by atoms with Crippen molar-refractivity contribution in [2.24, 2.45) is 4.99 Å². The molecular weight excluding hydrogens is 318 g/mol. The number of rotatable bonds is 2. The van der Waals surface area contributed by atoms with Gasteiger partial charge in [-0.05, 0) is 30.5 Å². The molecule has 2 aliphatic heterocycles. The number of nitrogens with zero attached hydrogens (tertiary/aromatic N) is 3. The van der Waals surface area contributed by atoms with Gasteiger partial charge in [0.05, 0.1) is 10.2 Å². The molecule has 7 heteroatoms. The fourth-order valence-electron chi connectivity index (χ4n) is 2.96. The number of aliphatic imine (C=N–C) groups is 1. The van der Waals surface area contributed by atoms with E-state index in [2.05, 4.69) is 34.1 Å². The van der Waals surface area contributed by atoms with Crippen LogP contribution in [0.5, 0.6) is 0 Å². The Morgan fingerprint density at radius 1 is 1.45 bits per heavy atom. The van der Waals surface area contributed by atoms with E-state index in [1.807, 2.05) is 0 Å². The van der Waals surface area contributed by atoms with E-state index in [9.17, 15) is 4.79 Å². The highest BCUT2D eigenvalue weighted by atomic mass is 32.2. The number of carboxylic acids is 1. The van der Waals surface area contributed by atoms with E-state index < -0.39 is 12.0 Å². The molecule has 1 aromatic carbocycles. The summed E-state index contributed by atoms with van der Waals surface area (Å²) in [5, 5.41) is 10.7. The number of fused-ring (bicyclic) bond motifs is 3. The van der Waals surface area contributed by atoms with Crippen molar-refractivity contribution in [1.29, 1.82) is 0 Å². The van der Waals surface area contributed by atoms with E-state index in [0.717, 1.165) is 35.0 Å². The molecular formula is C15H15N3O2S2. The molecule has 1 aromatic heterocycles. The number of carboxylic acid groups (broad SMARTS) is 1. The van der Waals surface area contributed by atoms with Crippen molar-refractivity contribution >= 4 is 50.0 Å². The fraction of sp³-hybridized carbons (Fsp3) is 0.400. The van der Waals surface area contributed by atoms with E-state index in [4.69, 9.17) is 5.11 Å². The standard InChI is InChI=1S/C15H15N3O2S2/c1-18-6-2-3-8-11(18)5-4-9-12(8)22-14(16-9)13-17-10(7-21-13)15(19)20/h4-5,10H,2-3,6-7H2,1H3,(H,19,20)/t10-/m1/s1. The second-order valence-corrected chi connectivity index (χ2v) is 7.56. The van der Waals surface area contributed by atoms with Gasteiger partial charge in [-0.2, -0.15) is 0 Å². The fourth-order valence-corrected chi connectivity index (χ4v) is 5.19. The first-order chi connectivity index (χ1) is 10.6. The number of aromatic nitrogens is 1. The normalized spacial score (nSPS) is 21.0. The molecule has 22 heavy (non-hydrogen) atoms. The zero-order chi connectivity index (χ0) is 15.3. The average molecular weight is 333 g/mol. The van der Waals surface area contributed by atoms with Crippen LogP contribution in [0.2, 0.25) is 0 Å². The molecule has 0 radical (unpaired) electrons. The van der Waals surface area contributed by atoms with E-state index in [1.165, 1.54) is 27.7 Å². The van der Waals surface area contributed by atoms with Gasteiger partial charge in [0.1, 0.15) is 10.1 Å². The van der Waals surface area contributed by atoms with Gasteiger partial charge in [0.15, 0.2) is 6.04 Å². The maximum absolute atomic E-state index is 11.0. The van der Waals surface area contributed by atoms with Gasteiger partial charge in [0.2, 0.25) is 0 Å². The van der Waals surface area contributed by atoms with Gasteiger partial charge in [-0.3, -0.25) is 4.99 Å². The molecule has 2 aliphatic rings. The molecule has 0 amide bonds. The molecule has 0 fully saturated rings. The first-order valence-corrected chi connectivity index (χ1v) is 9.01. The molecule has 5 nitrogen and oxygen atoms in total. The summed E-state index contributed by atoms with van der Waals surface area (Å²) in [5.74, 6) is -0.357. The minimum Gasteiger partial charge on any atom is -0.480 e. The lowest BCUT2D eigenvalue weighted by Gasteiger charge is -2.27. The maximum atomic E-state index is 11.0. The maximum Gasteiger partial charge on any atom is 0.329 e. The minimum absolute atomic E-state index is 0.501. The van der Waals surface area contributed by atoms with Crippen LogP contribution in [0.3, 0.4) is 0 Å². The first-order valence-electron chi connectivity index (χ1n) is 7.21. The van der Waals surface area contributed by atoms with Gasteiger partial charge in [-0.25, -0.2) is 9.78 Å². The number of thioether (sulfide) groups is 1. The van der Waals surface area contributed by atoms with Crippen molar-refractivity contribution in [3.63, 3.8) is 0 Å². The van der Waals surface area contributed by atoms with Crippen LogP contribution >= 0.6 is 23.1 Å². The third-order valence-corrected chi connectivity index (χ3v) is 6.41. The van der Waals surface area contributed by atoms with Crippen LogP contribution in [-0.2, 0) is 11.2 Å². The number of hydrogen-bond acceptors (Lipinski definition) is 6. The Kier molecular flexibility index (Phi) is 3.34. The summed E-state index contributed by atoms with van der Waals surface area (Å²) in [7, 11) is 2.13. The molecule has 0 aliphatic carbocycles. The van der Waals surface area contributed by atoms with Crippen LogP contribution < -0.4 is 4.90 Å². The van der Waals surface area contributed by atoms with Crippen LogP contribution in [0.15, 0.2) is 17.1 Å². The van der Waals surface area contributed by atoms with Gasteiger partial charge in [0.25, 0.3) is 0 Å². The number of benzene rings is 1. The number of anilines is 1. The third-order valence-electron chi connectivity index (χ3n) is 4.09. The summed E-state index contributed by atoms with van der Waals surface area (Å²) in [4.78, 5) is 22.3. The van der Waals surface area contributed by atoms with Gasteiger partial charge < -0.3 is 10.0 Å². The Balaban J connectivity index is 1.79. The lowest BCUT2D eigenvalue weighted by molar-refractivity contribution is -0.137. The largest absolute Gasteiger partial charge is 0.480 e. The van der Waals surface area contributed by atoms with Crippen molar-refractivity contribution in [2.75, 3.05) is 24.2 Å². The molecule has 1 atom stereocenters. The van der Waals surface area contributed by atoms with Crippen molar-refractivity contribution in [3.05, 3.63) is 22.7 Å². The third kappa shape index (κ3) is 2.19. The highest BCUT2D eigenvalue weighted by molar-refractivity contribution is 8.15. The average Bonchev–Trinajstić information content (AvgIpc) is 3.14. The number of carbonyl (C=O) groups is 1. The summed E-state index contributed by atoms with van der Waals surface area (Å²) in [6.45, 7) is 1.09. The zero-order valence-electron chi connectivity index (χ0n) is 12.1. The van der Waals surface area contributed by atoms with Gasteiger partial charge in [0, 0.05) is 25.0 Å². The lowest BCUT2D eigenvalue weighted by Crippen LogP contribution is -2.24. The molecule has 114 valence electrons. The summed E-state index contributed by atoms with van der Waals surface area (Å²) in [6.07, 6.45) is 2.24. The van der Waals surface area contributed by atoms with Crippen molar-refractivity contribution in [1.82, 2.24) is 4.98 Å². The summed E-state index contributed by atoms with van der Waals surface area (Å²) in [5.41, 5.74) is 3.66. The van der Waals surface area contributed by atoms with E-state index in [-0.39, 0.29) is 0 Å². The molecule has 1 N–H and O–H groups in total. The van der Waals surface area contributed by atoms with Crippen LogP contribution in [0.1, 0.15) is 17.0 Å². The second kappa shape index (κ2) is 5.24. The monoisotopic (exact) mass is 333 g/mol. The van der Waals surface area contributed by atoms with Crippen LogP contribution in [0.25, 0.3) is 10.2 Å². The number of aliphatic carboxylic acids is 1. The predicted octanol–water partition coefficient (Wildman–Crippen LogP) is 2.63. The van der Waals surface area contributed by atoms with Crippen LogP contribution in [0, 0.1) is 0 Å². The molecule has 0 bridgehead atoms. The molecule has 3 heterocycles. The van der Waals surface area contributed by atoms with Gasteiger partial charge in [-0.1, -0.05) is 0 Å². The summed E-state index contributed by atoms with van der Waals surface area (Å²) < 4.78 is 1.22. The Labute approximate surface area is 136 Å². The van der Waals surface area contributed by atoms with E-state index in [0.29, 0.717) is 5.75 Å². The molecule has 0 spiro atoms. The van der Waals surface area contributed by atoms with Crippen molar-refractivity contribution in [3.8, 4) is 0 Å². The molecule has 0 saturated carbocycles. The van der Waals surface area contributed by atoms with Crippen LogP contribution in [-0.4, -0.2) is 46.5 Å². The highest BCUT2D eigenvalue weighted by Crippen LogP contribution is 2.37. The SMILES string of the molecule is CN1CCCc2c1ccc1nc(C3=N[C@@H](C(=O)O)CS3)sc21. The second-order valence-electron chi connectivity index (χ2n) is 5.55. The minimum atomic E-state index is -0.859. The van der Waals surface area contributed by atoms with Crippen LogP contribution in [0.4, 0.5) is 5.69 Å². The molecule has 4 rings (SSSR count). The number of hydrogen-bond donors (Lipinski definition) is 1. The Morgan fingerprint density at radius 2 is 2.32 bits per heavy atom. The predicted molar refractivity (Wildman–Crippen MR) is 91.6 cm³/mol. The number of aryl methyl sites for hydroxylation is 1. The first kappa shape index (κ1) is 14.0. The van der Waals surface area contributed by atoms with Gasteiger partial charge >= 0.3 is 5.97 Å². The lowest BCUT2D eigenvalue weighted by atomic mass is 10.0. The van der Waals surface area contributed by atoms with E-state index in [1.54, 1.807) is 11.3 Å².